The van der Waals surface area contributed by atoms with Crippen molar-refractivity contribution >= 4 is 18.0 Å². The van der Waals surface area contributed by atoms with Crippen molar-refractivity contribution in [3.8, 4) is 0 Å². The van der Waals surface area contributed by atoms with E-state index >= 15 is 0 Å². The van der Waals surface area contributed by atoms with Crippen LogP contribution in [0.15, 0.2) is 34.7 Å². The van der Waals surface area contributed by atoms with Crippen molar-refractivity contribution in [1.29, 1.82) is 0 Å². The summed E-state index contributed by atoms with van der Waals surface area (Å²) < 4.78 is 0. The van der Waals surface area contributed by atoms with Gasteiger partial charge in [0.1, 0.15) is 0 Å². The molecule has 0 aromatic carbocycles. The minimum atomic E-state index is -0.245. The lowest BCUT2D eigenvalue weighted by molar-refractivity contribution is -0.813. The average molecular weight is 218 g/mol. The van der Waals surface area contributed by atoms with Crippen molar-refractivity contribution in [2.45, 2.75) is 6.92 Å². The molecule has 1 atom stereocenters. The van der Waals surface area contributed by atoms with Gasteiger partial charge in [-0.05, 0) is 13.0 Å². The summed E-state index contributed by atoms with van der Waals surface area (Å²) >= 11 is 0. The fraction of sp³-hybridized carbons (Fsp3) is 0.200. The van der Waals surface area contributed by atoms with Gasteiger partial charge in [0.2, 0.25) is 0 Å². The molecule has 0 bridgehead atoms. The Morgan fingerprint density at radius 2 is 2.50 bits per heavy atom. The maximum atomic E-state index is 11.4. The smallest absolute Gasteiger partial charge is 0.264 e. The Kier molecular flexibility index (Phi) is 3.02. The molecule has 0 saturated heterocycles. The van der Waals surface area contributed by atoms with E-state index in [1.807, 2.05) is 19.1 Å². The highest BCUT2D eigenvalue weighted by Gasteiger charge is 2.23. The van der Waals surface area contributed by atoms with E-state index in [1.54, 1.807) is 18.6 Å². The number of aromatic nitrogens is 1. The third-order valence-electron chi connectivity index (χ3n) is 2.09. The summed E-state index contributed by atoms with van der Waals surface area (Å²) in [5.74, 6) is 0. The number of quaternary nitrogens is 1. The predicted octanol–water partition coefficient (Wildman–Crippen LogP) is -0.600. The van der Waals surface area contributed by atoms with Crippen molar-refractivity contribution in [3.05, 3.63) is 30.1 Å². The number of carbonyl (C=O) groups excluding carboxylic acids is 1. The first-order valence-electron chi connectivity index (χ1n) is 4.89. The predicted molar refractivity (Wildman–Crippen MR) is 59.3 cm³/mol. The number of hydrogen-bond acceptors (Lipinski definition) is 4. The highest BCUT2D eigenvalue weighted by Crippen LogP contribution is 1.89. The van der Waals surface area contributed by atoms with E-state index in [0.717, 1.165) is 11.3 Å². The molecule has 0 aliphatic carbocycles. The van der Waals surface area contributed by atoms with Gasteiger partial charge in [-0.2, -0.15) is 10.5 Å². The number of rotatable bonds is 2. The van der Waals surface area contributed by atoms with Crippen LogP contribution in [0.3, 0.4) is 0 Å². The Morgan fingerprint density at radius 3 is 3.25 bits per heavy atom. The lowest BCUT2D eigenvalue weighted by Crippen LogP contribution is -3.13. The monoisotopic (exact) mass is 218 g/mol. The molecule has 0 fully saturated rings. The molecule has 82 valence electrons. The van der Waals surface area contributed by atoms with Crippen LogP contribution in [0.4, 0.5) is 4.79 Å². The minimum absolute atomic E-state index is 0.245. The molecule has 1 aromatic heterocycles. The third kappa shape index (κ3) is 2.48. The summed E-state index contributed by atoms with van der Waals surface area (Å²) in [6.07, 6.45) is 5.00. The fourth-order valence-electron chi connectivity index (χ4n) is 1.28. The van der Waals surface area contributed by atoms with E-state index in [1.165, 1.54) is 0 Å². The molecule has 2 amide bonds. The van der Waals surface area contributed by atoms with Crippen LogP contribution in [-0.4, -0.2) is 29.5 Å². The standard InChI is InChI=1S/C10H11N5O/c1-8-7-15(10(16)14-13-8)12-6-9-3-2-4-11-5-9/h2-6H,7H2,1H3,(H,14,16)/p+1. The summed E-state index contributed by atoms with van der Waals surface area (Å²) in [5.41, 5.74) is 4.11. The fourth-order valence-corrected chi connectivity index (χ4v) is 1.28. The molecule has 1 aromatic rings. The van der Waals surface area contributed by atoms with Crippen LogP contribution in [0, 0.1) is 0 Å². The Morgan fingerprint density at radius 1 is 1.62 bits per heavy atom. The number of nitrogens with zero attached hydrogens (tertiary/aromatic N) is 3. The zero-order valence-corrected chi connectivity index (χ0v) is 8.84. The lowest BCUT2D eigenvalue weighted by atomic mass is 10.3. The molecule has 16 heavy (non-hydrogen) atoms. The molecule has 2 heterocycles. The molecular formula is C10H12N5O+. The number of carbonyl (C=O) groups is 1. The van der Waals surface area contributed by atoms with E-state index in [9.17, 15) is 4.79 Å². The summed E-state index contributed by atoms with van der Waals surface area (Å²) in [7, 11) is 0. The molecule has 6 nitrogen and oxygen atoms in total. The van der Waals surface area contributed by atoms with Crippen LogP contribution in [0.1, 0.15) is 12.5 Å². The van der Waals surface area contributed by atoms with Crippen molar-refractivity contribution in [2.75, 3.05) is 6.54 Å². The van der Waals surface area contributed by atoms with Crippen LogP contribution in [0.2, 0.25) is 0 Å². The SMILES string of the molecule is CC1=NNC(=O)[NH+](N=Cc2cccnc2)C1. The first-order valence-corrected chi connectivity index (χ1v) is 4.89. The number of hydrogen-bond donors (Lipinski definition) is 2. The van der Waals surface area contributed by atoms with Gasteiger partial charge >= 0.3 is 6.03 Å². The average Bonchev–Trinajstić information content (AvgIpc) is 2.32. The number of amides is 2. The van der Waals surface area contributed by atoms with Crippen LogP contribution in [0.25, 0.3) is 0 Å². The molecule has 2 rings (SSSR count). The van der Waals surface area contributed by atoms with Crippen molar-refractivity contribution < 1.29 is 9.80 Å². The second kappa shape index (κ2) is 4.63. The maximum Gasteiger partial charge on any atom is 0.461 e. The van der Waals surface area contributed by atoms with Crippen LogP contribution >= 0.6 is 0 Å². The molecular weight excluding hydrogens is 206 g/mol. The molecule has 0 saturated carbocycles. The number of pyridine rings is 1. The number of nitrogens with one attached hydrogen (secondary N) is 2. The summed E-state index contributed by atoms with van der Waals surface area (Å²) in [6, 6.07) is 3.45. The van der Waals surface area contributed by atoms with Crippen molar-refractivity contribution in [3.63, 3.8) is 0 Å². The van der Waals surface area contributed by atoms with E-state index in [2.05, 4.69) is 20.6 Å². The molecule has 0 radical (unpaired) electrons. The molecule has 2 N–H and O–H groups in total. The van der Waals surface area contributed by atoms with Gasteiger partial charge in [0.15, 0.2) is 6.54 Å². The second-order valence-corrected chi connectivity index (χ2v) is 3.46. The Balaban J connectivity index is 2.07. The van der Waals surface area contributed by atoms with Gasteiger partial charge in [0, 0.05) is 18.0 Å². The van der Waals surface area contributed by atoms with Gasteiger partial charge < -0.3 is 0 Å². The number of urea groups is 1. The second-order valence-electron chi connectivity index (χ2n) is 3.46. The van der Waals surface area contributed by atoms with Crippen molar-refractivity contribution in [1.82, 2.24) is 10.4 Å². The highest BCUT2D eigenvalue weighted by atomic mass is 16.2. The van der Waals surface area contributed by atoms with Gasteiger partial charge in [-0.3, -0.25) is 4.98 Å². The Labute approximate surface area is 92.7 Å². The summed E-state index contributed by atoms with van der Waals surface area (Å²) in [5, 5.41) is 8.44. The number of hydrazone groups is 1. The van der Waals surface area contributed by atoms with Gasteiger partial charge in [-0.25, -0.2) is 4.79 Å². The highest BCUT2D eigenvalue weighted by molar-refractivity contribution is 5.87. The third-order valence-corrected chi connectivity index (χ3v) is 2.09. The van der Waals surface area contributed by atoms with E-state index < -0.39 is 0 Å². The zero-order valence-electron chi connectivity index (χ0n) is 8.84. The van der Waals surface area contributed by atoms with E-state index in [0.29, 0.717) is 11.6 Å². The van der Waals surface area contributed by atoms with Crippen LogP contribution in [-0.2, 0) is 0 Å². The quantitative estimate of drug-likeness (QED) is 0.651. The van der Waals surface area contributed by atoms with Gasteiger partial charge in [0.05, 0.1) is 11.9 Å². The summed E-state index contributed by atoms with van der Waals surface area (Å²) in [6.45, 7) is 2.33. The van der Waals surface area contributed by atoms with Crippen molar-refractivity contribution in [2.24, 2.45) is 10.2 Å². The van der Waals surface area contributed by atoms with Gasteiger partial charge in [-0.1, -0.05) is 11.2 Å². The van der Waals surface area contributed by atoms with Crippen LogP contribution < -0.4 is 10.4 Å². The molecule has 1 aliphatic heterocycles. The molecule has 0 spiro atoms. The Hall–Kier alpha value is -2.08. The molecule has 6 heteroatoms. The largest absolute Gasteiger partial charge is 0.461 e. The van der Waals surface area contributed by atoms with Gasteiger partial charge in [0.25, 0.3) is 0 Å². The van der Waals surface area contributed by atoms with E-state index in [4.69, 9.17) is 0 Å². The molecule has 1 unspecified atom stereocenters. The first-order chi connectivity index (χ1) is 7.75. The lowest BCUT2D eigenvalue weighted by Gasteiger charge is -2.13. The molecule has 1 aliphatic rings. The topological polar surface area (TPSA) is 71.2 Å². The van der Waals surface area contributed by atoms with E-state index in [-0.39, 0.29) is 6.03 Å². The normalized spacial score (nSPS) is 20.7. The maximum absolute atomic E-state index is 11.4. The van der Waals surface area contributed by atoms with Gasteiger partial charge in [-0.15, -0.1) is 5.01 Å². The Bertz CT molecular complexity index is 440. The first kappa shape index (κ1) is 10.4. The zero-order chi connectivity index (χ0) is 11.4. The summed E-state index contributed by atoms with van der Waals surface area (Å²) in [4.78, 5) is 15.3. The van der Waals surface area contributed by atoms with Crippen LogP contribution in [0.5, 0.6) is 0 Å². The minimum Gasteiger partial charge on any atom is -0.264 e.